The fraction of sp³-hybridized carbons (Fsp3) is 0.333. The van der Waals surface area contributed by atoms with Gasteiger partial charge in [0.15, 0.2) is 0 Å². The molecule has 106 valence electrons. The summed E-state index contributed by atoms with van der Waals surface area (Å²) in [5, 5.41) is 3.50. The first kappa shape index (κ1) is 14.6. The Morgan fingerprint density at radius 2 is 1.50 bits per heavy atom. The van der Waals surface area contributed by atoms with E-state index >= 15 is 0 Å². The van der Waals surface area contributed by atoms with Crippen LogP contribution in [0.25, 0.3) is 0 Å². The predicted molar refractivity (Wildman–Crippen MR) is 84.3 cm³/mol. The van der Waals surface area contributed by atoms with Gasteiger partial charge in [0.2, 0.25) is 0 Å². The predicted octanol–water partition coefficient (Wildman–Crippen LogP) is 4.68. The lowest BCUT2D eigenvalue weighted by atomic mass is 10.1. The van der Waals surface area contributed by atoms with Crippen LogP contribution in [0.2, 0.25) is 0 Å². The molecule has 0 amide bonds. The first-order valence-electron chi connectivity index (χ1n) is 7.02. The number of hydrogen-bond acceptors (Lipinski definition) is 2. The number of hydrogen-bond donors (Lipinski definition) is 1. The Balaban J connectivity index is 2.18. The normalized spacial score (nSPS) is 11.4. The fourth-order valence-electron chi connectivity index (χ4n) is 1.90. The van der Waals surface area contributed by atoms with Crippen LogP contribution >= 0.6 is 0 Å². The van der Waals surface area contributed by atoms with Crippen LogP contribution in [0.15, 0.2) is 48.5 Å². The summed E-state index contributed by atoms with van der Waals surface area (Å²) < 4.78 is 6.07. The molecule has 0 spiro atoms. The van der Waals surface area contributed by atoms with Gasteiger partial charge in [-0.25, -0.2) is 0 Å². The monoisotopic (exact) mass is 269 g/mol. The van der Waals surface area contributed by atoms with E-state index in [1.165, 1.54) is 5.56 Å². The topological polar surface area (TPSA) is 21.3 Å². The molecule has 0 saturated carbocycles. The molecule has 0 aliphatic rings. The molecule has 2 nitrogen and oxygen atoms in total. The maximum absolute atomic E-state index is 6.07. The lowest BCUT2D eigenvalue weighted by molar-refractivity contribution is 0.414. The van der Waals surface area contributed by atoms with Crippen LogP contribution in [-0.2, 0) is 6.54 Å². The molecule has 2 aromatic rings. The van der Waals surface area contributed by atoms with Gasteiger partial charge >= 0.3 is 0 Å². The summed E-state index contributed by atoms with van der Waals surface area (Å²) in [5.41, 5.74) is 2.41. The average molecular weight is 269 g/mol. The highest BCUT2D eigenvalue weighted by Crippen LogP contribution is 2.27. The van der Waals surface area contributed by atoms with Crippen molar-refractivity contribution in [2.24, 2.45) is 0 Å². The molecular formula is C18H23NO. The summed E-state index contributed by atoms with van der Waals surface area (Å²) in [7, 11) is 0. The zero-order valence-electron chi connectivity index (χ0n) is 12.7. The maximum atomic E-state index is 6.07. The van der Waals surface area contributed by atoms with E-state index in [0.717, 1.165) is 23.6 Å². The molecule has 2 aromatic carbocycles. The molecule has 0 unspecified atom stereocenters. The van der Waals surface area contributed by atoms with Gasteiger partial charge in [0.1, 0.15) is 11.5 Å². The van der Waals surface area contributed by atoms with Gasteiger partial charge in [-0.2, -0.15) is 0 Å². The highest BCUT2D eigenvalue weighted by atomic mass is 16.5. The first-order valence-corrected chi connectivity index (χ1v) is 7.02. The van der Waals surface area contributed by atoms with Crippen molar-refractivity contribution in [2.45, 2.75) is 39.8 Å². The third-order valence-corrected chi connectivity index (χ3v) is 3.10. The second kappa shape index (κ2) is 6.10. The van der Waals surface area contributed by atoms with Crippen LogP contribution in [0, 0.1) is 6.92 Å². The summed E-state index contributed by atoms with van der Waals surface area (Å²) in [5.74, 6) is 1.83. The summed E-state index contributed by atoms with van der Waals surface area (Å²) in [6.45, 7) is 9.35. The lowest BCUT2D eigenvalue weighted by Crippen LogP contribution is -2.35. The molecule has 0 aliphatic heterocycles. The van der Waals surface area contributed by atoms with E-state index in [1.54, 1.807) is 0 Å². The SMILES string of the molecule is Cc1ccccc1Oc1ccccc1CNC(C)(C)C. The van der Waals surface area contributed by atoms with Gasteiger partial charge in [0.25, 0.3) is 0 Å². The first-order chi connectivity index (χ1) is 9.46. The van der Waals surface area contributed by atoms with E-state index in [0.29, 0.717) is 0 Å². The van der Waals surface area contributed by atoms with Gasteiger partial charge in [0, 0.05) is 17.6 Å². The van der Waals surface area contributed by atoms with Crippen molar-refractivity contribution in [2.75, 3.05) is 0 Å². The minimum Gasteiger partial charge on any atom is -0.457 e. The summed E-state index contributed by atoms with van der Waals surface area (Å²) >= 11 is 0. The molecule has 0 aromatic heterocycles. The average Bonchev–Trinajstić information content (AvgIpc) is 2.39. The van der Waals surface area contributed by atoms with Crippen LogP contribution < -0.4 is 10.1 Å². The zero-order chi connectivity index (χ0) is 14.6. The third kappa shape index (κ3) is 4.10. The van der Waals surface area contributed by atoms with Crippen LogP contribution in [0.1, 0.15) is 31.9 Å². The molecule has 2 rings (SSSR count). The van der Waals surface area contributed by atoms with Gasteiger partial charge in [-0.1, -0.05) is 36.4 Å². The zero-order valence-corrected chi connectivity index (χ0v) is 12.7. The molecule has 0 heterocycles. The summed E-state index contributed by atoms with van der Waals surface area (Å²) in [6, 6.07) is 16.3. The minimum absolute atomic E-state index is 0.0930. The highest BCUT2D eigenvalue weighted by Gasteiger charge is 2.11. The van der Waals surface area contributed by atoms with Crippen LogP contribution in [0.3, 0.4) is 0 Å². The Bertz CT molecular complexity index is 570. The number of aryl methyl sites for hydroxylation is 1. The van der Waals surface area contributed by atoms with Crippen molar-refractivity contribution < 1.29 is 4.74 Å². The second-order valence-electron chi connectivity index (χ2n) is 6.08. The number of benzene rings is 2. The standard InChI is InChI=1S/C18H23NO/c1-14-9-5-7-11-16(14)20-17-12-8-6-10-15(17)13-19-18(2,3)4/h5-12,19H,13H2,1-4H3. The van der Waals surface area contributed by atoms with Crippen LogP contribution in [0.5, 0.6) is 11.5 Å². The number of rotatable bonds is 4. The third-order valence-electron chi connectivity index (χ3n) is 3.10. The number of nitrogens with one attached hydrogen (secondary N) is 1. The number of ether oxygens (including phenoxy) is 1. The van der Waals surface area contributed by atoms with E-state index in [1.807, 2.05) is 36.4 Å². The minimum atomic E-state index is 0.0930. The smallest absolute Gasteiger partial charge is 0.131 e. The molecule has 20 heavy (non-hydrogen) atoms. The molecule has 1 N–H and O–H groups in total. The molecular weight excluding hydrogens is 246 g/mol. The molecule has 0 bridgehead atoms. The molecule has 2 heteroatoms. The Morgan fingerprint density at radius 3 is 2.15 bits per heavy atom. The Morgan fingerprint density at radius 1 is 0.900 bits per heavy atom. The van der Waals surface area contributed by atoms with E-state index in [9.17, 15) is 0 Å². The second-order valence-corrected chi connectivity index (χ2v) is 6.08. The number of para-hydroxylation sites is 2. The van der Waals surface area contributed by atoms with Crippen LogP contribution in [-0.4, -0.2) is 5.54 Å². The van der Waals surface area contributed by atoms with Gasteiger partial charge in [-0.3, -0.25) is 0 Å². The van der Waals surface area contributed by atoms with Gasteiger partial charge in [0.05, 0.1) is 0 Å². The Kier molecular flexibility index (Phi) is 4.46. The van der Waals surface area contributed by atoms with Crippen molar-refractivity contribution in [1.29, 1.82) is 0 Å². The van der Waals surface area contributed by atoms with Crippen LogP contribution in [0.4, 0.5) is 0 Å². The molecule has 0 atom stereocenters. The maximum Gasteiger partial charge on any atom is 0.131 e. The highest BCUT2D eigenvalue weighted by molar-refractivity contribution is 5.40. The van der Waals surface area contributed by atoms with Crippen molar-refractivity contribution >= 4 is 0 Å². The van der Waals surface area contributed by atoms with E-state index in [-0.39, 0.29) is 5.54 Å². The summed E-state index contributed by atoms with van der Waals surface area (Å²) in [6.07, 6.45) is 0. The van der Waals surface area contributed by atoms with E-state index in [2.05, 4.69) is 45.1 Å². The Hall–Kier alpha value is -1.80. The van der Waals surface area contributed by atoms with Crippen molar-refractivity contribution in [1.82, 2.24) is 5.32 Å². The molecule has 0 fully saturated rings. The molecule has 0 saturated heterocycles. The molecule has 0 aliphatic carbocycles. The molecule has 0 radical (unpaired) electrons. The summed E-state index contributed by atoms with van der Waals surface area (Å²) in [4.78, 5) is 0. The Labute approximate surface area is 121 Å². The van der Waals surface area contributed by atoms with Gasteiger partial charge in [-0.05, 0) is 45.4 Å². The van der Waals surface area contributed by atoms with Gasteiger partial charge < -0.3 is 10.1 Å². The lowest BCUT2D eigenvalue weighted by Gasteiger charge is -2.21. The van der Waals surface area contributed by atoms with E-state index in [4.69, 9.17) is 4.74 Å². The van der Waals surface area contributed by atoms with Crippen molar-refractivity contribution in [3.05, 3.63) is 59.7 Å². The fourth-order valence-corrected chi connectivity index (χ4v) is 1.90. The van der Waals surface area contributed by atoms with E-state index < -0.39 is 0 Å². The van der Waals surface area contributed by atoms with Crippen molar-refractivity contribution in [3.8, 4) is 11.5 Å². The van der Waals surface area contributed by atoms with Crippen molar-refractivity contribution in [3.63, 3.8) is 0 Å². The largest absolute Gasteiger partial charge is 0.457 e. The quantitative estimate of drug-likeness (QED) is 0.870. The van der Waals surface area contributed by atoms with Gasteiger partial charge in [-0.15, -0.1) is 0 Å².